The second-order valence-electron chi connectivity index (χ2n) is 5.64. The molecule has 1 saturated carbocycles. The number of ether oxygens (including phenoxy) is 1. The minimum Gasteiger partial charge on any atom is -0.491 e. The average molecular weight is 275 g/mol. The maximum Gasteiger partial charge on any atom is 0.163 e. The molecule has 0 amide bonds. The van der Waals surface area contributed by atoms with Gasteiger partial charge in [-0.15, -0.1) is 0 Å². The van der Waals surface area contributed by atoms with Crippen LogP contribution in [0.3, 0.4) is 0 Å². The molecule has 1 fully saturated rings. The highest BCUT2D eigenvalue weighted by Gasteiger charge is 2.23. The highest BCUT2D eigenvalue weighted by Crippen LogP contribution is 2.29. The van der Waals surface area contributed by atoms with Gasteiger partial charge in [0, 0.05) is 13.1 Å². The van der Waals surface area contributed by atoms with Crippen molar-refractivity contribution in [2.45, 2.75) is 33.1 Å². The van der Waals surface area contributed by atoms with Crippen LogP contribution >= 0.6 is 0 Å². The van der Waals surface area contributed by atoms with Crippen molar-refractivity contribution in [1.29, 1.82) is 0 Å². The molecule has 0 aromatic heterocycles. The predicted molar refractivity (Wildman–Crippen MR) is 81.4 cm³/mol. The molecule has 3 nitrogen and oxygen atoms in total. The number of hydrogen-bond acceptors (Lipinski definition) is 3. The summed E-state index contributed by atoms with van der Waals surface area (Å²) in [6, 6.07) is 7.49. The summed E-state index contributed by atoms with van der Waals surface area (Å²) in [5, 5.41) is 0. The largest absolute Gasteiger partial charge is 0.491 e. The highest BCUT2D eigenvalue weighted by molar-refractivity contribution is 5.96. The molecule has 0 spiro atoms. The Morgan fingerprint density at radius 2 is 2.05 bits per heavy atom. The maximum atomic E-state index is 11.5. The number of hydrogen-bond donors (Lipinski definition) is 0. The summed E-state index contributed by atoms with van der Waals surface area (Å²) in [7, 11) is 0. The maximum absolute atomic E-state index is 11.5. The Bertz CT molecular complexity index is 440. The van der Waals surface area contributed by atoms with Crippen LogP contribution in [-0.4, -0.2) is 36.9 Å². The van der Waals surface area contributed by atoms with E-state index in [1.54, 1.807) is 6.92 Å². The van der Waals surface area contributed by atoms with Gasteiger partial charge in [-0.05, 0) is 50.8 Å². The van der Waals surface area contributed by atoms with Crippen LogP contribution in [0.2, 0.25) is 0 Å². The molecule has 0 heterocycles. The van der Waals surface area contributed by atoms with Crippen LogP contribution in [0.15, 0.2) is 24.3 Å². The van der Waals surface area contributed by atoms with Crippen molar-refractivity contribution in [3.05, 3.63) is 29.8 Å². The predicted octanol–water partition coefficient (Wildman–Crippen LogP) is 3.39. The molecule has 110 valence electrons. The quantitative estimate of drug-likeness (QED) is 0.647. The van der Waals surface area contributed by atoms with Crippen molar-refractivity contribution in [3.63, 3.8) is 0 Å². The van der Waals surface area contributed by atoms with E-state index in [9.17, 15) is 4.79 Å². The Balaban J connectivity index is 1.82. The number of nitrogens with zero attached hydrogens (tertiary/aromatic N) is 1. The molecular weight excluding hydrogens is 250 g/mol. The topological polar surface area (TPSA) is 29.5 Å². The van der Waals surface area contributed by atoms with E-state index in [1.807, 2.05) is 24.3 Å². The number of rotatable bonds is 9. The Kier molecular flexibility index (Phi) is 5.60. The molecule has 0 radical (unpaired) electrons. The second kappa shape index (κ2) is 7.44. The van der Waals surface area contributed by atoms with Crippen molar-refractivity contribution in [3.8, 4) is 5.75 Å². The summed E-state index contributed by atoms with van der Waals surface area (Å²) < 4.78 is 5.81. The van der Waals surface area contributed by atoms with Crippen LogP contribution < -0.4 is 4.74 Å². The van der Waals surface area contributed by atoms with Crippen molar-refractivity contribution < 1.29 is 9.53 Å². The van der Waals surface area contributed by atoms with Crippen LogP contribution in [0.1, 0.15) is 43.5 Å². The fraction of sp³-hybridized carbons (Fsp3) is 0.588. The average Bonchev–Trinajstić information content (AvgIpc) is 3.23. The lowest BCUT2D eigenvalue weighted by molar-refractivity contribution is 0.101. The molecule has 3 heteroatoms. The minimum atomic E-state index is 0.0593. The Labute approximate surface area is 121 Å². The lowest BCUT2D eigenvalue weighted by Gasteiger charge is -2.21. The summed E-state index contributed by atoms with van der Waals surface area (Å²) in [4.78, 5) is 14.0. The van der Waals surface area contributed by atoms with Crippen molar-refractivity contribution in [2.75, 3.05) is 26.2 Å². The van der Waals surface area contributed by atoms with E-state index < -0.39 is 0 Å². The number of Topliss-reactive ketones (excluding diaryl/α,β-unsaturated/α-hetero) is 1. The first kappa shape index (κ1) is 15.0. The molecule has 0 aliphatic heterocycles. The normalized spacial score (nSPS) is 14.6. The van der Waals surface area contributed by atoms with Crippen molar-refractivity contribution >= 4 is 5.78 Å². The van der Waals surface area contributed by atoms with Gasteiger partial charge in [0.25, 0.3) is 0 Å². The third-order valence-corrected chi connectivity index (χ3v) is 3.68. The number of carbonyl (C=O) groups is 1. The summed E-state index contributed by atoms with van der Waals surface area (Å²) in [5.41, 5.74) is 0.678. The Morgan fingerprint density at radius 1 is 1.30 bits per heavy atom. The van der Waals surface area contributed by atoms with E-state index >= 15 is 0 Å². The van der Waals surface area contributed by atoms with Gasteiger partial charge in [0.2, 0.25) is 0 Å². The molecule has 1 aromatic carbocycles. The third kappa shape index (κ3) is 4.64. The molecule has 1 aliphatic carbocycles. The van der Waals surface area contributed by atoms with E-state index in [0.29, 0.717) is 17.9 Å². The first-order valence-electron chi connectivity index (χ1n) is 7.65. The Morgan fingerprint density at radius 3 is 2.70 bits per heavy atom. The smallest absolute Gasteiger partial charge is 0.163 e. The SMILES string of the molecule is CCCN(CCOc1ccccc1C(C)=O)CC1CC1. The molecule has 2 rings (SSSR count). The van der Waals surface area contributed by atoms with E-state index in [1.165, 1.54) is 25.8 Å². The fourth-order valence-electron chi connectivity index (χ4n) is 2.44. The molecule has 0 N–H and O–H groups in total. The zero-order valence-corrected chi connectivity index (χ0v) is 12.6. The minimum absolute atomic E-state index is 0.0593. The van der Waals surface area contributed by atoms with E-state index in [2.05, 4.69) is 11.8 Å². The number of para-hydroxylation sites is 1. The lowest BCUT2D eigenvalue weighted by Crippen LogP contribution is -2.31. The first-order chi connectivity index (χ1) is 9.70. The monoisotopic (exact) mass is 275 g/mol. The van der Waals surface area contributed by atoms with Crippen LogP contribution in [0.4, 0.5) is 0 Å². The number of benzene rings is 1. The van der Waals surface area contributed by atoms with E-state index in [4.69, 9.17) is 4.74 Å². The van der Waals surface area contributed by atoms with Gasteiger partial charge >= 0.3 is 0 Å². The molecule has 20 heavy (non-hydrogen) atoms. The molecule has 1 aliphatic rings. The second-order valence-corrected chi connectivity index (χ2v) is 5.64. The molecule has 0 bridgehead atoms. The molecular formula is C17H25NO2. The van der Waals surface area contributed by atoms with Gasteiger partial charge in [0.15, 0.2) is 5.78 Å². The van der Waals surface area contributed by atoms with Crippen LogP contribution in [0.25, 0.3) is 0 Å². The third-order valence-electron chi connectivity index (χ3n) is 3.68. The van der Waals surface area contributed by atoms with Gasteiger partial charge < -0.3 is 4.74 Å². The number of ketones is 1. The molecule has 1 aromatic rings. The fourth-order valence-corrected chi connectivity index (χ4v) is 2.44. The standard InChI is InChI=1S/C17H25NO2/c1-3-10-18(13-15-8-9-15)11-12-20-17-7-5-4-6-16(17)14(2)19/h4-7,15H,3,8-13H2,1-2H3. The summed E-state index contributed by atoms with van der Waals surface area (Å²) in [6.07, 6.45) is 3.94. The van der Waals surface area contributed by atoms with Gasteiger partial charge in [-0.1, -0.05) is 19.1 Å². The molecule has 0 atom stereocenters. The van der Waals surface area contributed by atoms with E-state index in [-0.39, 0.29) is 5.78 Å². The zero-order chi connectivity index (χ0) is 14.4. The first-order valence-corrected chi connectivity index (χ1v) is 7.65. The molecule has 0 unspecified atom stereocenters. The highest BCUT2D eigenvalue weighted by atomic mass is 16.5. The van der Waals surface area contributed by atoms with E-state index in [0.717, 1.165) is 19.0 Å². The Hall–Kier alpha value is -1.35. The van der Waals surface area contributed by atoms with Crippen LogP contribution in [-0.2, 0) is 0 Å². The molecule has 0 saturated heterocycles. The van der Waals surface area contributed by atoms with Gasteiger partial charge in [0.05, 0.1) is 5.56 Å². The lowest BCUT2D eigenvalue weighted by atomic mass is 10.1. The zero-order valence-electron chi connectivity index (χ0n) is 12.6. The summed E-state index contributed by atoms with van der Waals surface area (Å²) in [5.74, 6) is 1.68. The van der Waals surface area contributed by atoms with Crippen molar-refractivity contribution in [2.24, 2.45) is 5.92 Å². The van der Waals surface area contributed by atoms with Crippen molar-refractivity contribution in [1.82, 2.24) is 4.90 Å². The number of carbonyl (C=O) groups excluding carboxylic acids is 1. The van der Waals surface area contributed by atoms with Gasteiger partial charge in [-0.2, -0.15) is 0 Å². The van der Waals surface area contributed by atoms with Gasteiger partial charge in [0.1, 0.15) is 12.4 Å². The summed E-state index contributed by atoms with van der Waals surface area (Å²) in [6.45, 7) is 7.72. The van der Waals surface area contributed by atoms with Gasteiger partial charge in [-0.25, -0.2) is 0 Å². The van der Waals surface area contributed by atoms with Gasteiger partial charge in [-0.3, -0.25) is 9.69 Å². The summed E-state index contributed by atoms with van der Waals surface area (Å²) >= 11 is 0. The van der Waals surface area contributed by atoms with Crippen LogP contribution in [0.5, 0.6) is 5.75 Å². The van der Waals surface area contributed by atoms with Crippen LogP contribution in [0, 0.1) is 5.92 Å².